The van der Waals surface area contributed by atoms with Crippen LogP contribution >= 0.6 is 0 Å². The van der Waals surface area contributed by atoms with E-state index in [0.717, 1.165) is 23.6 Å². The number of carbonyl (C=O) groups is 1. The van der Waals surface area contributed by atoms with Gasteiger partial charge in [-0.05, 0) is 6.07 Å². The van der Waals surface area contributed by atoms with Gasteiger partial charge in [-0.25, -0.2) is 4.79 Å². The van der Waals surface area contributed by atoms with Crippen molar-refractivity contribution in [3.63, 3.8) is 0 Å². The Labute approximate surface area is 129 Å². The Morgan fingerprint density at radius 2 is 1.91 bits per heavy atom. The van der Waals surface area contributed by atoms with Crippen molar-refractivity contribution >= 4 is 6.09 Å². The number of fused-ring (bicyclic) bond motifs is 2. The fourth-order valence-corrected chi connectivity index (χ4v) is 3.15. The number of hydrogen-bond donors (Lipinski definition) is 1. The van der Waals surface area contributed by atoms with E-state index in [-0.39, 0.29) is 12.1 Å². The van der Waals surface area contributed by atoms with Crippen LogP contribution in [0.4, 0.5) is 4.79 Å². The van der Waals surface area contributed by atoms with Crippen LogP contribution in [-0.2, 0) is 6.54 Å². The number of benzene rings is 1. The van der Waals surface area contributed by atoms with Gasteiger partial charge in [0, 0.05) is 43.3 Å². The third-order valence-corrected chi connectivity index (χ3v) is 4.34. The number of methoxy groups -OCH3 is 2. The summed E-state index contributed by atoms with van der Waals surface area (Å²) in [5, 5.41) is 9.16. The Kier molecular flexibility index (Phi) is 3.94. The molecule has 118 valence electrons. The predicted octanol–water partition coefficient (Wildman–Crippen LogP) is 1.81. The highest BCUT2D eigenvalue weighted by molar-refractivity contribution is 5.65. The molecule has 1 aromatic carbocycles. The minimum absolute atomic E-state index is 0.127. The molecule has 22 heavy (non-hydrogen) atoms. The van der Waals surface area contributed by atoms with Gasteiger partial charge in [0.05, 0.1) is 14.2 Å². The largest absolute Gasteiger partial charge is 0.497 e. The summed E-state index contributed by atoms with van der Waals surface area (Å²) >= 11 is 0. The van der Waals surface area contributed by atoms with Crippen LogP contribution < -0.4 is 9.47 Å². The lowest BCUT2D eigenvalue weighted by Crippen LogP contribution is -2.55. The molecule has 1 aromatic rings. The standard InChI is InChI=1S/C16H20N2O4/c1-21-14-6-3-11(15(7-14)22-2)8-18-12-4-5-13(18)10-17(9-12)16(19)20/h3-7,12-13H,8-10H2,1-2H3,(H,19,20)/t12-,13+. The molecular weight excluding hydrogens is 284 g/mol. The number of nitrogens with zero attached hydrogens (tertiary/aromatic N) is 2. The highest BCUT2D eigenvalue weighted by atomic mass is 16.5. The highest BCUT2D eigenvalue weighted by Crippen LogP contribution is 2.31. The quantitative estimate of drug-likeness (QED) is 0.860. The first-order chi connectivity index (χ1) is 10.6. The van der Waals surface area contributed by atoms with Crippen LogP contribution in [0.25, 0.3) is 0 Å². The Morgan fingerprint density at radius 1 is 1.23 bits per heavy atom. The minimum atomic E-state index is -0.847. The second kappa shape index (κ2) is 5.88. The molecule has 2 atom stereocenters. The Hall–Kier alpha value is -2.21. The topological polar surface area (TPSA) is 62.2 Å². The molecule has 0 unspecified atom stereocenters. The van der Waals surface area contributed by atoms with Crippen molar-refractivity contribution in [3.05, 3.63) is 35.9 Å². The maximum Gasteiger partial charge on any atom is 0.407 e. The number of piperazine rings is 1. The maximum absolute atomic E-state index is 11.2. The van der Waals surface area contributed by atoms with Crippen LogP contribution in [-0.4, -0.2) is 60.4 Å². The molecule has 6 heteroatoms. The van der Waals surface area contributed by atoms with Crippen LogP contribution in [0.2, 0.25) is 0 Å². The highest BCUT2D eigenvalue weighted by Gasteiger charge is 2.38. The van der Waals surface area contributed by atoms with E-state index in [1.54, 1.807) is 14.2 Å². The lowest BCUT2D eigenvalue weighted by molar-refractivity contribution is 0.0667. The second-order valence-electron chi connectivity index (χ2n) is 5.56. The summed E-state index contributed by atoms with van der Waals surface area (Å²) in [5.74, 6) is 1.55. The first-order valence-corrected chi connectivity index (χ1v) is 7.25. The van der Waals surface area contributed by atoms with Gasteiger partial charge in [-0.1, -0.05) is 18.2 Å². The summed E-state index contributed by atoms with van der Waals surface area (Å²) in [4.78, 5) is 14.9. The fourth-order valence-electron chi connectivity index (χ4n) is 3.15. The van der Waals surface area contributed by atoms with Crippen molar-refractivity contribution < 1.29 is 19.4 Å². The van der Waals surface area contributed by atoms with Gasteiger partial charge in [0.1, 0.15) is 11.5 Å². The summed E-state index contributed by atoms with van der Waals surface area (Å²) < 4.78 is 10.7. The van der Waals surface area contributed by atoms with E-state index >= 15 is 0 Å². The van der Waals surface area contributed by atoms with Crippen LogP contribution in [0.1, 0.15) is 5.56 Å². The molecule has 2 heterocycles. The molecule has 2 bridgehead atoms. The van der Waals surface area contributed by atoms with Crippen molar-refractivity contribution in [1.29, 1.82) is 0 Å². The van der Waals surface area contributed by atoms with E-state index in [0.29, 0.717) is 13.1 Å². The predicted molar refractivity (Wildman–Crippen MR) is 81.4 cm³/mol. The maximum atomic E-state index is 11.2. The minimum Gasteiger partial charge on any atom is -0.497 e. The molecular formula is C16H20N2O4. The average Bonchev–Trinajstić information content (AvgIpc) is 2.75. The summed E-state index contributed by atoms with van der Waals surface area (Å²) in [6.07, 6.45) is 3.35. The molecule has 1 saturated heterocycles. The van der Waals surface area contributed by atoms with Gasteiger partial charge in [-0.15, -0.1) is 0 Å². The molecule has 3 rings (SSSR count). The van der Waals surface area contributed by atoms with Gasteiger partial charge in [-0.3, -0.25) is 4.90 Å². The SMILES string of the molecule is COc1ccc(CN2[C@@H]3C=C[C@H]2CN(C(=O)O)C3)c(OC)c1. The van der Waals surface area contributed by atoms with E-state index in [1.165, 1.54) is 4.90 Å². The van der Waals surface area contributed by atoms with Crippen LogP contribution in [0, 0.1) is 0 Å². The number of amides is 1. The molecule has 2 aliphatic rings. The Bertz CT molecular complexity index is 586. The molecule has 0 spiro atoms. The van der Waals surface area contributed by atoms with E-state index in [2.05, 4.69) is 17.1 Å². The van der Waals surface area contributed by atoms with Gasteiger partial charge in [0.15, 0.2) is 0 Å². The normalized spacial score (nSPS) is 23.6. The summed E-state index contributed by atoms with van der Waals surface area (Å²) in [6, 6.07) is 6.04. The molecule has 0 radical (unpaired) electrons. The second-order valence-corrected chi connectivity index (χ2v) is 5.56. The fraction of sp³-hybridized carbons (Fsp3) is 0.438. The summed E-state index contributed by atoms with van der Waals surface area (Å²) in [5.41, 5.74) is 1.07. The molecule has 1 amide bonds. The van der Waals surface area contributed by atoms with Crippen LogP contribution in [0.15, 0.2) is 30.4 Å². The molecule has 0 aromatic heterocycles. The van der Waals surface area contributed by atoms with E-state index < -0.39 is 6.09 Å². The van der Waals surface area contributed by atoms with Crippen molar-refractivity contribution in [2.24, 2.45) is 0 Å². The third-order valence-electron chi connectivity index (χ3n) is 4.34. The zero-order valence-corrected chi connectivity index (χ0v) is 12.7. The van der Waals surface area contributed by atoms with Crippen LogP contribution in [0.5, 0.6) is 11.5 Å². The molecule has 6 nitrogen and oxygen atoms in total. The van der Waals surface area contributed by atoms with Gasteiger partial charge >= 0.3 is 6.09 Å². The van der Waals surface area contributed by atoms with Gasteiger partial charge in [0.25, 0.3) is 0 Å². The molecule has 1 N–H and O–H groups in total. The smallest absolute Gasteiger partial charge is 0.407 e. The Balaban J connectivity index is 1.76. The van der Waals surface area contributed by atoms with E-state index in [4.69, 9.17) is 14.6 Å². The average molecular weight is 304 g/mol. The van der Waals surface area contributed by atoms with Crippen LogP contribution in [0.3, 0.4) is 0 Å². The monoisotopic (exact) mass is 304 g/mol. The van der Waals surface area contributed by atoms with Gasteiger partial charge in [0.2, 0.25) is 0 Å². The van der Waals surface area contributed by atoms with E-state index in [1.807, 2.05) is 18.2 Å². The number of rotatable bonds is 4. The lowest BCUT2D eigenvalue weighted by Gasteiger charge is -2.40. The van der Waals surface area contributed by atoms with Crippen molar-refractivity contribution in [2.45, 2.75) is 18.6 Å². The van der Waals surface area contributed by atoms with E-state index in [9.17, 15) is 4.79 Å². The third kappa shape index (κ3) is 2.62. The lowest BCUT2D eigenvalue weighted by atomic mass is 10.1. The molecule has 1 fully saturated rings. The molecule has 0 aliphatic carbocycles. The van der Waals surface area contributed by atoms with Gasteiger partial charge < -0.3 is 19.5 Å². The first-order valence-electron chi connectivity index (χ1n) is 7.25. The summed E-state index contributed by atoms with van der Waals surface area (Å²) in [6.45, 7) is 1.75. The summed E-state index contributed by atoms with van der Waals surface area (Å²) in [7, 11) is 3.28. The molecule has 2 aliphatic heterocycles. The van der Waals surface area contributed by atoms with Gasteiger partial charge in [-0.2, -0.15) is 0 Å². The number of hydrogen-bond acceptors (Lipinski definition) is 4. The Morgan fingerprint density at radius 3 is 2.45 bits per heavy atom. The van der Waals surface area contributed by atoms with Crippen molar-refractivity contribution in [1.82, 2.24) is 9.80 Å². The first kappa shape index (κ1) is 14.7. The number of ether oxygens (including phenoxy) is 2. The van der Waals surface area contributed by atoms with Crippen molar-refractivity contribution in [2.75, 3.05) is 27.3 Å². The zero-order chi connectivity index (χ0) is 15.7. The number of carboxylic acid groups (broad SMARTS) is 1. The van der Waals surface area contributed by atoms with Crippen molar-refractivity contribution in [3.8, 4) is 11.5 Å². The zero-order valence-electron chi connectivity index (χ0n) is 12.7. The molecule has 0 saturated carbocycles.